The summed E-state index contributed by atoms with van der Waals surface area (Å²) >= 11 is 0. The summed E-state index contributed by atoms with van der Waals surface area (Å²) < 4.78 is 0. The number of carboxylic acids is 1. The van der Waals surface area contributed by atoms with Crippen LogP contribution in [0.3, 0.4) is 0 Å². The second-order valence-electron chi connectivity index (χ2n) is 4.63. The lowest BCUT2D eigenvalue weighted by Gasteiger charge is -2.14. The highest BCUT2D eigenvalue weighted by Gasteiger charge is 2.07. The minimum absolute atomic E-state index is 0.272. The molecule has 0 heterocycles. The van der Waals surface area contributed by atoms with Crippen molar-refractivity contribution in [3.8, 4) is 6.07 Å². The van der Waals surface area contributed by atoms with Gasteiger partial charge in [-0.15, -0.1) is 0 Å². The van der Waals surface area contributed by atoms with Gasteiger partial charge in [0.1, 0.15) is 11.6 Å². The van der Waals surface area contributed by atoms with Gasteiger partial charge in [-0.25, -0.2) is 4.79 Å². The number of nitrogens with one attached hydrogen (secondary N) is 2. The van der Waals surface area contributed by atoms with E-state index in [2.05, 4.69) is 24.5 Å². The van der Waals surface area contributed by atoms with Crippen molar-refractivity contribution >= 4 is 23.4 Å². The van der Waals surface area contributed by atoms with Gasteiger partial charge in [0.2, 0.25) is 0 Å². The third-order valence-electron chi connectivity index (χ3n) is 2.84. The average molecular weight is 287 g/mol. The molecule has 1 aromatic carbocycles. The SMILES string of the molecule is CCCNc1ccc(/C=C(\C#N)C(=O)O)cc1NCCC. The first-order valence-electron chi connectivity index (χ1n) is 7.09. The molecule has 5 nitrogen and oxygen atoms in total. The fourth-order valence-corrected chi connectivity index (χ4v) is 1.78. The Morgan fingerprint density at radius 2 is 1.86 bits per heavy atom. The van der Waals surface area contributed by atoms with E-state index in [1.165, 1.54) is 6.08 Å². The molecule has 112 valence electrons. The van der Waals surface area contributed by atoms with Gasteiger partial charge in [-0.1, -0.05) is 19.9 Å². The topological polar surface area (TPSA) is 85.2 Å². The molecule has 0 aliphatic heterocycles. The van der Waals surface area contributed by atoms with Crippen molar-refractivity contribution in [1.82, 2.24) is 0 Å². The lowest BCUT2D eigenvalue weighted by atomic mass is 10.1. The van der Waals surface area contributed by atoms with E-state index in [-0.39, 0.29) is 5.57 Å². The molecule has 21 heavy (non-hydrogen) atoms. The largest absolute Gasteiger partial charge is 0.477 e. The standard InChI is InChI=1S/C16H21N3O2/c1-3-7-18-14-6-5-12(9-13(11-17)16(20)21)10-15(14)19-8-4-2/h5-6,9-10,18-19H,3-4,7-8H2,1-2H3,(H,20,21)/b13-9+. The molecular formula is C16H21N3O2. The Labute approximate surface area is 125 Å². The van der Waals surface area contributed by atoms with Gasteiger partial charge in [0.05, 0.1) is 11.4 Å². The van der Waals surface area contributed by atoms with E-state index in [4.69, 9.17) is 10.4 Å². The highest BCUT2D eigenvalue weighted by atomic mass is 16.4. The van der Waals surface area contributed by atoms with E-state index in [9.17, 15) is 4.79 Å². The molecule has 0 aliphatic rings. The van der Waals surface area contributed by atoms with Gasteiger partial charge in [-0.3, -0.25) is 0 Å². The fourth-order valence-electron chi connectivity index (χ4n) is 1.78. The molecule has 0 unspecified atom stereocenters. The third-order valence-corrected chi connectivity index (χ3v) is 2.84. The molecule has 3 N–H and O–H groups in total. The van der Waals surface area contributed by atoms with Crippen LogP contribution in [0.15, 0.2) is 23.8 Å². The monoisotopic (exact) mass is 287 g/mol. The van der Waals surface area contributed by atoms with Crippen molar-refractivity contribution in [1.29, 1.82) is 5.26 Å². The van der Waals surface area contributed by atoms with E-state index in [1.54, 1.807) is 12.1 Å². The van der Waals surface area contributed by atoms with Crippen molar-refractivity contribution in [2.75, 3.05) is 23.7 Å². The van der Waals surface area contributed by atoms with E-state index in [0.717, 1.165) is 37.3 Å². The van der Waals surface area contributed by atoms with Crippen LogP contribution in [0.1, 0.15) is 32.3 Å². The van der Waals surface area contributed by atoms with Crippen LogP contribution in [0.4, 0.5) is 11.4 Å². The Hall–Kier alpha value is -2.48. The molecule has 0 aromatic heterocycles. The molecule has 0 saturated heterocycles. The van der Waals surface area contributed by atoms with Gasteiger partial charge in [0.25, 0.3) is 0 Å². The predicted octanol–water partition coefficient (Wildman–Crippen LogP) is 3.32. The van der Waals surface area contributed by atoms with E-state index in [0.29, 0.717) is 5.56 Å². The molecule has 0 atom stereocenters. The molecular weight excluding hydrogens is 266 g/mol. The quantitative estimate of drug-likeness (QED) is 0.504. The number of rotatable bonds is 8. The van der Waals surface area contributed by atoms with Gasteiger partial charge >= 0.3 is 5.97 Å². The normalized spacial score (nSPS) is 10.8. The van der Waals surface area contributed by atoms with Crippen molar-refractivity contribution in [2.24, 2.45) is 0 Å². The maximum absolute atomic E-state index is 10.9. The van der Waals surface area contributed by atoms with Crippen LogP contribution in [0.5, 0.6) is 0 Å². The van der Waals surface area contributed by atoms with Gasteiger partial charge in [0, 0.05) is 13.1 Å². The van der Waals surface area contributed by atoms with Crippen LogP contribution in [0.2, 0.25) is 0 Å². The maximum atomic E-state index is 10.9. The van der Waals surface area contributed by atoms with Gasteiger partial charge in [-0.05, 0) is 36.6 Å². The van der Waals surface area contributed by atoms with E-state index in [1.807, 2.05) is 12.1 Å². The highest BCUT2D eigenvalue weighted by molar-refractivity contribution is 5.96. The first-order chi connectivity index (χ1) is 10.1. The van der Waals surface area contributed by atoms with Crippen LogP contribution in [0.25, 0.3) is 6.08 Å². The molecule has 0 radical (unpaired) electrons. The second kappa shape index (κ2) is 8.64. The summed E-state index contributed by atoms with van der Waals surface area (Å²) in [5.74, 6) is -1.21. The van der Waals surface area contributed by atoms with Crippen molar-refractivity contribution in [3.05, 3.63) is 29.3 Å². The van der Waals surface area contributed by atoms with Crippen molar-refractivity contribution in [3.63, 3.8) is 0 Å². The van der Waals surface area contributed by atoms with Crippen LogP contribution < -0.4 is 10.6 Å². The van der Waals surface area contributed by atoms with Crippen molar-refractivity contribution < 1.29 is 9.90 Å². The molecule has 0 bridgehead atoms. The number of nitrogens with zero attached hydrogens (tertiary/aromatic N) is 1. The zero-order valence-corrected chi connectivity index (χ0v) is 12.4. The highest BCUT2D eigenvalue weighted by Crippen LogP contribution is 2.24. The van der Waals surface area contributed by atoms with Crippen LogP contribution in [-0.2, 0) is 4.79 Å². The molecule has 0 aliphatic carbocycles. The number of hydrogen-bond donors (Lipinski definition) is 3. The Morgan fingerprint density at radius 1 is 1.24 bits per heavy atom. The van der Waals surface area contributed by atoms with Crippen LogP contribution in [-0.4, -0.2) is 24.2 Å². The number of anilines is 2. The zero-order chi connectivity index (χ0) is 15.7. The Balaban J connectivity index is 3.08. The van der Waals surface area contributed by atoms with Gasteiger partial charge in [0.15, 0.2) is 0 Å². The Bertz CT molecular complexity index is 559. The molecule has 0 saturated carbocycles. The number of hydrogen-bond acceptors (Lipinski definition) is 4. The van der Waals surface area contributed by atoms with Crippen molar-refractivity contribution in [2.45, 2.75) is 26.7 Å². The number of carboxylic acid groups (broad SMARTS) is 1. The van der Waals surface area contributed by atoms with Gasteiger partial charge < -0.3 is 15.7 Å². The number of nitriles is 1. The number of carbonyl (C=O) groups is 1. The average Bonchev–Trinajstić information content (AvgIpc) is 2.49. The second-order valence-corrected chi connectivity index (χ2v) is 4.63. The molecule has 1 aromatic rings. The minimum Gasteiger partial charge on any atom is -0.477 e. The molecule has 1 rings (SSSR count). The lowest BCUT2D eigenvalue weighted by molar-refractivity contribution is -0.132. The lowest BCUT2D eigenvalue weighted by Crippen LogP contribution is -2.07. The molecule has 0 spiro atoms. The minimum atomic E-state index is -1.21. The summed E-state index contributed by atoms with van der Waals surface area (Å²) in [5, 5.41) is 24.3. The molecule has 5 heteroatoms. The summed E-state index contributed by atoms with van der Waals surface area (Å²) in [4.78, 5) is 10.9. The van der Waals surface area contributed by atoms with Gasteiger partial charge in [-0.2, -0.15) is 5.26 Å². The number of aliphatic carboxylic acids is 1. The zero-order valence-electron chi connectivity index (χ0n) is 12.4. The summed E-state index contributed by atoms with van der Waals surface area (Å²) in [6.07, 6.45) is 3.39. The smallest absolute Gasteiger partial charge is 0.346 e. The Morgan fingerprint density at radius 3 is 2.38 bits per heavy atom. The molecule has 0 fully saturated rings. The predicted molar refractivity (Wildman–Crippen MR) is 85.2 cm³/mol. The van der Waals surface area contributed by atoms with E-state index >= 15 is 0 Å². The third kappa shape index (κ3) is 5.19. The number of benzene rings is 1. The summed E-state index contributed by atoms with van der Waals surface area (Å²) in [6.45, 7) is 5.87. The summed E-state index contributed by atoms with van der Waals surface area (Å²) in [6, 6.07) is 7.24. The Kier molecular flexibility index (Phi) is 6.82. The maximum Gasteiger partial charge on any atom is 0.346 e. The first kappa shape index (κ1) is 16.6. The summed E-state index contributed by atoms with van der Waals surface area (Å²) in [7, 11) is 0. The first-order valence-corrected chi connectivity index (χ1v) is 7.09. The van der Waals surface area contributed by atoms with Crippen LogP contribution >= 0.6 is 0 Å². The fraction of sp³-hybridized carbons (Fsp3) is 0.375. The van der Waals surface area contributed by atoms with E-state index < -0.39 is 5.97 Å². The molecule has 0 amide bonds. The van der Waals surface area contributed by atoms with Crippen LogP contribution in [0, 0.1) is 11.3 Å². The summed E-state index contributed by atoms with van der Waals surface area (Å²) in [5.41, 5.74) is 2.32.